The van der Waals surface area contributed by atoms with Gasteiger partial charge in [0.2, 0.25) is 0 Å². The summed E-state index contributed by atoms with van der Waals surface area (Å²) in [4.78, 5) is 1.37. The van der Waals surface area contributed by atoms with Crippen LogP contribution in [0.3, 0.4) is 0 Å². The van der Waals surface area contributed by atoms with Gasteiger partial charge in [0.15, 0.2) is 0 Å². The third-order valence-corrected chi connectivity index (χ3v) is 4.45. The normalized spacial score (nSPS) is 37.2. The molecular formula is C12H15NOS. The van der Waals surface area contributed by atoms with Gasteiger partial charge in [-0.1, -0.05) is 30.8 Å². The molecule has 2 nitrogen and oxygen atoms in total. The number of fused-ring (bicyclic) bond motifs is 1. The van der Waals surface area contributed by atoms with Crippen molar-refractivity contribution in [3.05, 3.63) is 24.3 Å². The fraction of sp³-hybridized carbons (Fsp3) is 0.500. The Hall–Kier alpha value is -0.670. The third kappa shape index (κ3) is 1.45. The first kappa shape index (κ1) is 9.55. The second kappa shape index (κ2) is 3.16. The summed E-state index contributed by atoms with van der Waals surface area (Å²) >= 11 is 1.89. The summed E-state index contributed by atoms with van der Waals surface area (Å²) in [5, 5.41) is 3.58. The van der Waals surface area contributed by atoms with Crippen LogP contribution in [-0.4, -0.2) is 17.1 Å². The molecule has 0 aliphatic carbocycles. The molecule has 0 spiro atoms. The summed E-state index contributed by atoms with van der Waals surface area (Å²) in [7, 11) is 0. The van der Waals surface area contributed by atoms with Crippen molar-refractivity contribution >= 4 is 17.4 Å². The minimum Gasteiger partial charge on any atom is -0.368 e. The van der Waals surface area contributed by atoms with E-state index in [0.717, 1.165) is 6.42 Å². The fourth-order valence-electron chi connectivity index (χ4n) is 2.25. The van der Waals surface area contributed by atoms with Gasteiger partial charge in [0.25, 0.3) is 0 Å². The van der Waals surface area contributed by atoms with Crippen LogP contribution < -0.4 is 5.32 Å². The number of ether oxygens (including phenoxy) is 1. The van der Waals surface area contributed by atoms with Crippen LogP contribution in [0.5, 0.6) is 0 Å². The first-order chi connectivity index (χ1) is 7.23. The zero-order valence-corrected chi connectivity index (χ0v) is 9.80. The highest BCUT2D eigenvalue weighted by Crippen LogP contribution is 2.52. The third-order valence-electron chi connectivity index (χ3n) is 3.12. The summed E-state index contributed by atoms with van der Waals surface area (Å²) in [5.41, 5.74) is 1.25. The molecule has 1 fully saturated rings. The van der Waals surface area contributed by atoms with E-state index in [1.54, 1.807) is 0 Å². The van der Waals surface area contributed by atoms with Crippen molar-refractivity contribution < 1.29 is 4.74 Å². The van der Waals surface area contributed by atoms with E-state index in [0.29, 0.717) is 12.2 Å². The number of para-hydroxylation sites is 1. The molecule has 3 rings (SSSR count). The van der Waals surface area contributed by atoms with Gasteiger partial charge in [-0.3, -0.25) is 0 Å². The molecule has 3 unspecified atom stereocenters. The maximum atomic E-state index is 5.70. The lowest BCUT2D eigenvalue weighted by Crippen LogP contribution is -2.34. The Kier molecular flexibility index (Phi) is 2.01. The van der Waals surface area contributed by atoms with Crippen LogP contribution in [0.25, 0.3) is 0 Å². The van der Waals surface area contributed by atoms with Crippen molar-refractivity contribution in [2.45, 2.75) is 42.2 Å². The number of anilines is 1. The lowest BCUT2D eigenvalue weighted by atomic mass is 10.1. The number of thioether (sulfide) groups is 1. The van der Waals surface area contributed by atoms with Crippen LogP contribution >= 0.6 is 11.8 Å². The first-order valence-corrected chi connectivity index (χ1v) is 6.26. The van der Waals surface area contributed by atoms with Crippen LogP contribution in [0.4, 0.5) is 5.69 Å². The van der Waals surface area contributed by atoms with Crippen molar-refractivity contribution in [3.8, 4) is 0 Å². The molecule has 2 heterocycles. The Morgan fingerprint density at radius 1 is 1.47 bits per heavy atom. The van der Waals surface area contributed by atoms with Crippen molar-refractivity contribution in [3.63, 3.8) is 0 Å². The smallest absolute Gasteiger partial charge is 0.117 e. The van der Waals surface area contributed by atoms with Gasteiger partial charge in [0.1, 0.15) is 11.0 Å². The molecular weight excluding hydrogens is 206 g/mol. The average molecular weight is 221 g/mol. The molecule has 3 heteroatoms. The van der Waals surface area contributed by atoms with Gasteiger partial charge in [0.05, 0.1) is 6.10 Å². The number of rotatable bonds is 2. The molecule has 0 bridgehead atoms. The minimum atomic E-state index is 0.0321. The van der Waals surface area contributed by atoms with E-state index >= 15 is 0 Å². The van der Waals surface area contributed by atoms with E-state index in [1.165, 1.54) is 10.6 Å². The monoisotopic (exact) mass is 221 g/mol. The number of benzene rings is 1. The van der Waals surface area contributed by atoms with E-state index in [4.69, 9.17) is 4.74 Å². The summed E-state index contributed by atoms with van der Waals surface area (Å²) in [6.07, 6.45) is 1.92. The highest BCUT2D eigenvalue weighted by Gasteiger charge is 2.54. The maximum absolute atomic E-state index is 5.70. The predicted molar refractivity (Wildman–Crippen MR) is 63.3 cm³/mol. The molecule has 3 atom stereocenters. The molecule has 15 heavy (non-hydrogen) atoms. The van der Waals surface area contributed by atoms with Gasteiger partial charge in [0, 0.05) is 10.6 Å². The Morgan fingerprint density at radius 3 is 2.93 bits per heavy atom. The average Bonchev–Trinajstić information content (AvgIpc) is 2.95. The molecule has 1 aromatic rings. The fourth-order valence-corrected chi connectivity index (χ4v) is 3.56. The standard InChI is InChI=1S/C12H15NOS/c1-3-9-11(14-9)12(2)13-8-6-4-5-7-10(8)15-12/h4-7,9,11,13H,3H2,1-2H3. The molecule has 1 aromatic carbocycles. The molecule has 2 aliphatic heterocycles. The van der Waals surface area contributed by atoms with Crippen molar-refractivity contribution in [2.75, 3.05) is 5.32 Å². The maximum Gasteiger partial charge on any atom is 0.117 e. The lowest BCUT2D eigenvalue weighted by molar-refractivity contribution is 0.348. The van der Waals surface area contributed by atoms with Gasteiger partial charge >= 0.3 is 0 Å². The lowest BCUT2D eigenvalue weighted by Gasteiger charge is -2.21. The summed E-state index contributed by atoms with van der Waals surface area (Å²) in [6, 6.07) is 8.46. The Bertz CT molecular complexity index is 368. The van der Waals surface area contributed by atoms with E-state index in [-0.39, 0.29) is 4.87 Å². The van der Waals surface area contributed by atoms with Gasteiger partial charge < -0.3 is 10.1 Å². The van der Waals surface area contributed by atoms with Crippen LogP contribution in [0, 0.1) is 0 Å². The molecule has 1 saturated heterocycles. The van der Waals surface area contributed by atoms with E-state index in [9.17, 15) is 0 Å². The molecule has 2 aliphatic rings. The zero-order valence-electron chi connectivity index (χ0n) is 8.99. The van der Waals surface area contributed by atoms with Crippen molar-refractivity contribution in [2.24, 2.45) is 0 Å². The van der Waals surface area contributed by atoms with Crippen LogP contribution in [0.15, 0.2) is 29.2 Å². The van der Waals surface area contributed by atoms with Crippen molar-refractivity contribution in [1.82, 2.24) is 0 Å². The largest absolute Gasteiger partial charge is 0.368 e. The van der Waals surface area contributed by atoms with Crippen molar-refractivity contribution in [1.29, 1.82) is 0 Å². The molecule has 1 N–H and O–H groups in total. The molecule has 0 aromatic heterocycles. The minimum absolute atomic E-state index is 0.0321. The second-order valence-electron chi connectivity index (χ2n) is 4.33. The Labute approximate surface area is 94.4 Å². The number of nitrogens with one attached hydrogen (secondary N) is 1. The topological polar surface area (TPSA) is 24.6 Å². The summed E-state index contributed by atoms with van der Waals surface area (Å²) in [5.74, 6) is 0. The van der Waals surface area contributed by atoms with Gasteiger partial charge in [-0.2, -0.15) is 0 Å². The van der Waals surface area contributed by atoms with Crippen LogP contribution in [0.1, 0.15) is 20.3 Å². The van der Waals surface area contributed by atoms with Gasteiger partial charge in [-0.15, -0.1) is 0 Å². The van der Waals surface area contributed by atoms with Gasteiger partial charge in [-0.05, 0) is 25.5 Å². The highest BCUT2D eigenvalue weighted by molar-refractivity contribution is 8.01. The zero-order chi connectivity index (χ0) is 10.5. The molecule has 80 valence electrons. The quantitative estimate of drug-likeness (QED) is 0.777. The van der Waals surface area contributed by atoms with E-state index in [2.05, 4.69) is 43.4 Å². The first-order valence-electron chi connectivity index (χ1n) is 5.44. The number of hydrogen-bond acceptors (Lipinski definition) is 3. The van der Waals surface area contributed by atoms with E-state index in [1.807, 2.05) is 11.8 Å². The Morgan fingerprint density at radius 2 is 2.27 bits per heavy atom. The Balaban J connectivity index is 1.83. The SMILES string of the molecule is CCC1OC1C1(C)Nc2ccccc2S1. The molecule has 0 radical (unpaired) electrons. The molecule has 0 amide bonds. The van der Waals surface area contributed by atoms with Crippen LogP contribution in [-0.2, 0) is 4.74 Å². The molecule has 0 saturated carbocycles. The van der Waals surface area contributed by atoms with Gasteiger partial charge in [-0.25, -0.2) is 0 Å². The number of epoxide rings is 1. The van der Waals surface area contributed by atoms with E-state index < -0.39 is 0 Å². The number of hydrogen-bond donors (Lipinski definition) is 1. The van der Waals surface area contributed by atoms with Crippen LogP contribution in [0.2, 0.25) is 0 Å². The highest BCUT2D eigenvalue weighted by atomic mass is 32.2. The second-order valence-corrected chi connectivity index (χ2v) is 5.83. The summed E-state index contributed by atoms with van der Waals surface area (Å²) in [6.45, 7) is 4.42. The summed E-state index contributed by atoms with van der Waals surface area (Å²) < 4.78 is 5.70. The predicted octanol–water partition coefficient (Wildman–Crippen LogP) is 3.10.